The van der Waals surface area contributed by atoms with Crippen LogP contribution in [0.25, 0.3) is 0 Å². The van der Waals surface area contributed by atoms with Gasteiger partial charge in [0.2, 0.25) is 11.8 Å². The van der Waals surface area contributed by atoms with Gasteiger partial charge in [-0.2, -0.15) is 0 Å². The van der Waals surface area contributed by atoms with Gasteiger partial charge in [0.15, 0.2) is 0 Å². The molecule has 0 bridgehead atoms. The summed E-state index contributed by atoms with van der Waals surface area (Å²) in [6.07, 6.45) is 0. The number of halogens is 1. The first-order chi connectivity index (χ1) is 11.1. The van der Waals surface area contributed by atoms with Gasteiger partial charge in [0.05, 0.1) is 10.6 Å². The van der Waals surface area contributed by atoms with Crippen molar-refractivity contribution in [2.24, 2.45) is 0 Å². The topological polar surface area (TPSA) is 68.0 Å². The van der Waals surface area contributed by atoms with Crippen molar-refractivity contribution in [1.82, 2.24) is 15.5 Å². The van der Waals surface area contributed by atoms with Gasteiger partial charge in [0.25, 0.3) is 5.91 Å². The third-order valence-electron chi connectivity index (χ3n) is 3.32. The second kappa shape index (κ2) is 6.62. The summed E-state index contributed by atoms with van der Waals surface area (Å²) < 4.78 is 5.50. The fourth-order valence-electron chi connectivity index (χ4n) is 2.22. The minimum absolute atomic E-state index is 0.305. The lowest BCUT2D eigenvalue weighted by Crippen LogP contribution is -2.29. The van der Waals surface area contributed by atoms with Crippen molar-refractivity contribution in [3.63, 3.8) is 0 Å². The summed E-state index contributed by atoms with van der Waals surface area (Å²) in [5.74, 6) is 0.460. The monoisotopic (exact) mass is 327 g/mol. The van der Waals surface area contributed by atoms with Crippen LogP contribution >= 0.6 is 11.6 Å². The van der Waals surface area contributed by atoms with Crippen LogP contribution in [-0.2, 0) is 0 Å². The predicted molar refractivity (Wildman–Crippen MR) is 86.2 cm³/mol. The Morgan fingerprint density at radius 1 is 1.09 bits per heavy atom. The molecule has 23 heavy (non-hydrogen) atoms. The Hall–Kier alpha value is -2.66. The molecule has 0 aliphatic carbocycles. The standard InChI is InChI=1S/C17H14ClN3O2/c1-11-20-21-17(23-11)15(12-7-3-2-4-8-12)19-16(22)13-9-5-6-10-14(13)18/h2-10,15H,1H3,(H,19,22). The summed E-state index contributed by atoms with van der Waals surface area (Å²) in [6, 6.07) is 15.8. The minimum atomic E-state index is -0.541. The summed E-state index contributed by atoms with van der Waals surface area (Å²) >= 11 is 6.09. The van der Waals surface area contributed by atoms with E-state index < -0.39 is 6.04 Å². The van der Waals surface area contributed by atoms with Crippen molar-refractivity contribution in [3.8, 4) is 0 Å². The van der Waals surface area contributed by atoms with Gasteiger partial charge >= 0.3 is 0 Å². The fraction of sp³-hybridized carbons (Fsp3) is 0.118. The summed E-state index contributed by atoms with van der Waals surface area (Å²) in [7, 11) is 0. The SMILES string of the molecule is Cc1nnc(C(NC(=O)c2ccccc2Cl)c2ccccc2)o1. The molecule has 0 aliphatic heterocycles. The highest BCUT2D eigenvalue weighted by Crippen LogP contribution is 2.23. The highest BCUT2D eigenvalue weighted by molar-refractivity contribution is 6.33. The predicted octanol–water partition coefficient (Wildman–Crippen LogP) is 3.55. The smallest absolute Gasteiger partial charge is 0.253 e. The van der Waals surface area contributed by atoms with Crippen LogP contribution in [0.5, 0.6) is 0 Å². The zero-order valence-electron chi connectivity index (χ0n) is 12.4. The Balaban J connectivity index is 1.94. The first-order valence-electron chi connectivity index (χ1n) is 7.05. The van der Waals surface area contributed by atoms with Crippen LogP contribution in [0.15, 0.2) is 59.0 Å². The van der Waals surface area contributed by atoms with Gasteiger partial charge in [-0.05, 0) is 17.7 Å². The van der Waals surface area contributed by atoms with E-state index in [4.69, 9.17) is 16.0 Å². The molecule has 1 atom stereocenters. The Labute approximate surface area is 138 Å². The maximum Gasteiger partial charge on any atom is 0.253 e. The van der Waals surface area contributed by atoms with Crippen molar-refractivity contribution < 1.29 is 9.21 Å². The van der Waals surface area contributed by atoms with Crippen LogP contribution in [0, 0.1) is 6.92 Å². The molecule has 1 amide bonds. The average Bonchev–Trinajstić information content (AvgIpc) is 3.00. The molecule has 0 radical (unpaired) electrons. The minimum Gasteiger partial charge on any atom is -0.423 e. The van der Waals surface area contributed by atoms with E-state index >= 15 is 0 Å². The lowest BCUT2D eigenvalue weighted by atomic mass is 10.1. The molecular weight excluding hydrogens is 314 g/mol. The van der Waals surface area contributed by atoms with E-state index in [0.29, 0.717) is 22.4 Å². The number of hydrogen-bond acceptors (Lipinski definition) is 4. The first-order valence-corrected chi connectivity index (χ1v) is 7.43. The van der Waals surface area contributed by atoms with Crippen molar-refractivity contribution >= 4 is 17.5 Å². The molecule has 1 aromatic heterocycles. The van der Waals surface area contributed by atoms with Crippen molar-refractivity contribution in [1.29, 1.82) is 0 Å². The number of nitrogens with zero attached hydrogens (tertiary/aromatic N) is 2. The molecule has 1 heterocycles. The van der Waals surface area contributed by atoms with Gasteiger partial charge in [0.1, 0.15) is 6.04 Å². The van der Waals surface area contributed by atoms with Crippen LogP contribution in [0.4, 0.5) is 0 Å². The van der Waals surface area contributed by atoms with E-state index in [1.807, 2.05) is 30.3 Å². The number of aryl methyl sites for hydroxylation is 1. The summed E-state index contributed by atoms with van der Waals surface area (Å²) in [6.45, 7) is 1.70. The Morgan fingerprint density at radius 2 is 1.78 bits per heavy atom. The highest BCUT2D eigenvalue weighted by atomic mass is 35.5. The highest BCUT2D eigenvalue weighted by Gasteiger charge is 2.23. The van der Waals surface area contributed by atoms with Crippen molar-refractivity contribution in [2.45, 2.75) is 13.0 Å². The quantitative estimate of drug-likeness (QED) is 0.795. The lowest BCUT2D eigenvalue weighted by molar-refractivity contribution is 0.0938. The molecule has 3 aromatic rings. The Morgan fingerprint density at radius 3 is 2.43 bits per heavy atom. The van der Waals surface area contributed by atoms with E-state index in [1.165, 1.54) is 0 Å². The molecule has 0 fully saturated rings. The Bertz CT molecular complexity index is 817. The van der Waals surface area contributed by atoms with E-state index in [1.54, 1.807) is 31.2 Å². The van der Waals surface area contributed by atoms with Gasteiger partial charge in [-0.15, -0.1) is 10.2 Å². The van der Waals surface area contributed by atoms with Gasteiger partial charge < -0.3 is 9.73 Å². The molecule has 2 aromatic carbocycles. The van der Waals surface area contributed by atoms with Crippen LogP contribution in [-0.4, -0.2) is 16.1 Å². The largest absolute Gasteiger partial charge is 0.423 e. The zero-order valence-corrected chi connectivity index (χ0v) is 13.1. The first kappa shape index (κ1) is 15.2. The molecule has 0 aliphatic rings. The van der Waals surface area contributed by atoms with Crippen LogP contribution < -0.4 is 5.32 Å². The molecule has 5 nitrogen and oxygen atoms in total. The van der Waals surface area contributed by atoms with Gasteiger partial charge in [-0.25, -0.2) is 0 Å². The van der Waals surface area contributed by atoms with Crippen LogP contribution in [0.2, 0.25) is 5.02 Å². The molecule has 1 N–H and O–H groups in total. The maximum atomic E-state index is 12.5. The fourth-order valence-corrected chi connectivity index (χ4v) is 2.44. The second-order valence-corrected chi connectivity index (χ2v) is 5.36. The van der Waals surface area contributed by atoms with E-state index in [2.05, 4.69) is 15.5 Å². The normalized spacial score (nSPS) is 11.9. The van der Waals surface area contributed by atoms with Crippen molar-refractivity contribution in [3.05, 3.63) is 82.5 Å². The lowest BCUT2D eigenvalue weighted by Gasteiger charge is -2.16. The summed E-state index contributed by atoms with van der Waals surface area (Å²) in [4.78, 5) is 12.5. The Kier molecular flexibility index (Phi) is 4.39. The van der Waals surface area contributed by atoms with Gasteiger partial charge in [-0.3, -0.25) is 4.79 Å². The maximum absolute atomic E-state index is 12.5. The molecule has 3 rings (SSSR count). The molecule has 1 unspecified atom stereocenters. The number of benzene rings is 2. The number of nitrogens with one attached hydrogen (secondary N) is 1. The van der Waals surface area contributed by atoms with E-state index in [0.717, 1.165) is 5.56 Å². The number of amides is 1. The van der Waals surface area contributed by atoms with Gasteiger partial charge in [-0.1, -0.05) is 54.1 Å². The van der Waals surface area contributed by atoms with E-state index in [-0.39, 0.29) is 5.91 Å². The second-order valence-electron chi connectivity index (χ2n) is 4.96. The number of hydrogen-bond donors (Lipinski definition) is 1. The van der Waals surface area contributed by atoms with Gasteiger partial charge in [0, 0.05) is 6.92 Å². The number of aromatic nitrogens is 2. The summed E-state index contributed by atoms with van der Waals surface area (Å²) in [5, 5.41) is 11.2. The molecular formula is C17H14ClN3O2. The van der Waals surface area contributed by atoms with Crippen LogP contribution in [0.1, 0.15) is 33.7 Å². The zero-order chi connectivity index (χ0) is 16.2. The van der Waals surface area contributed by atoms with Crippen LogP contribution in [0.3, 0.4) is 0 Å². The molecule has 0 saturated heterocycles. The van der Waals surface area contributed by atoms with E-state index in [9.17, 15) is 4.79 Å². The summed E-state index contributed by atoms with van der Waals surface area (Å²) in [5.41, 5.74) is 1.24. The molecule has 6 heteroatoms. The third-order valence-corrected chi connectivity index (χ3v) is 3.65. The number of carbonyl (C=O) groups is 1. The molecule has 0 spiro atoms. The number of rotatable bonds is 4. The molecule has 0 saturated carbocycles. The molecule has 116 valence electrons. The number of carbonyl (C=O) groups excluding carboxylic acids is 1. The van der Waals surface area contributed by atoms with Crippen molar-refractivity contribution in [2.75, 3.05) is 0 Å². The third kappa shape index (κ3) is 3.40. The average molecular weight is 328 g/mol.